The van der Waals surface area contributed by atoms with Crippen LogP contribution in [-0.2, 0) is 0 Å². The second-order valence-electron chi connectivity index (χ2n) is 3.78. The average Bonchev–Trinajstić information content (AvgIpc) is 2.90. The number of hydrogen-bond donors (Lipinski definition) is 2. The first-order valence-electron chi connectivity index (χ1n) is 5.66. The van der Waals surface area contributed by atoms with Crippen LogP contribution in [-0.4, -0.2) is 18.4 Å². The quantitative estimate of drug-likeness (QED) is 0.513. The number of hydrogen-bond acceptors (Lipinski definition) is 3. The van der Waals surface area contributed by atoms with Gasteiger partial charge in [-0.05, 0) is 42.5 Å². The van der Waals surface area contributed by atoms with E-state index in [0.717, 1.165) is 5.56 Å². The smallest absolute Gasteiger partial charge is 0.186 e. The van der Waals surface area contributed by atoms with E-state index in [1.807, 2.05) is 12.1 Å². The molecular weight excluding hydrogens is 317 g/mol. The van der Waals surface area contributed by atoms with Crippen molar-refractivity contribution in [2.45, 2.75) is 0 Å². The van der Waals surface area contributed by atoms with E-state index in [0.29, 0.717) is 26.7 Å². The zero-order chi connectivity index (χ0) is 14.5. The van der Waals surface area contributed by atoms with Crippen LogP contribution >= 0.6 is 35.4 Å². The van der Waals surface area contributed by atoms with E-state index >= 15 is 0 Å². The Bertz CT molecular complexity index is 655. The Labute approximate surface area is 131 Å². The lowest BCUT2D eigenvalue weighted by Crippen LogP contribution is -2.28. The van der Waals surface area contributed by atoms with Crippen molar-refractivity contribution in [1.82, 2.24) is 10.7 Å². The van der Waals surface area contributed by atoms with Gasteiger partial charge in [0.2, 0.25) is 0 Å². The van der Waals surface area contributed by atoms with Crippen molar-refractivity contribution in [3.8, 4) is 11.3 Å². The van der Waals surface area contributed by atoms with Crippen molar-refractivity contribution in [3.63, 3.8) is 0 Å². The molecule has 104 valence electrons. The average molecular weight is 328 g/mol. The molecule has 0 saturated heterocycles. The van der Waals surface area contributed by atoms with Gasteiger partial charge >= 0.3 is 0 Å². The van der Waals surface area contributed by atoms with E-state index in [9.17, 15) is 0 Å². The van der Waals surface area contributed by atoms with E-state index in [-0.39, 0.29) is 0 Å². The third-order valence-electron chi connectivity index (χ3n) is 2.42. The molecule has 0 saturated carbocycles. The van der Waals surface area contributed by atoms with Crippen molar-refractivity contribution in [3.05, 3.63) is 46.1 Å². The highest BCUT2D eigenvalue weighted by Crippen LogP contribution is 2.29. The Balaban J connectivity index is 2.12. The van der Waals surface area contributed by atoms with Crippen LogP contribution in [0.1, 0.15) is 5.76 Å². The van der Waals surface area contributed by atoms with Crippen molar-refractivity contribution in [2.75, 3.05) is 7.05 Å². The SMILES string of the molecule is CNC(=S)N/N=C\c1ccc(-c2ccc(Cl)c(Cl)c2)o1. The molecule has 1 heterocycles. The van der Waals surface area contributed by atoms with Crippen LogP contribution in [0.5, 0.6) is 0 Å². The van der Waals surface area contributed by atoms with Crippen LogP contribution in [0.4, 0.5) is 0 Å². The predicted octanol–water partition coefficient (Wildman–Crippen LogP) is 3.68. The third kappa shape index (κ3) is 3.72. The molecule has 4 nitrogen and oxygen atoms in total. The molecule has 0 fully saturated rings. The van der Waals surface area contributed by atoms with Crippen LogP contribution in [0.15, 0.2) is 39.9 Å². The molecule has 0 aliphatic rings. The molecule has 0 unspecified atom stereocenters. The number of benzene rings is 1. The van der Waals surface area contributed by atoms with Gasteiger partial charge in [0.25, 0.3) is 0 Å². The summed E-state index contributed by atoms with van der Waals surface area (Å²) < 4.78 is 5.63. The zero-order valence-electron chi connectivity index (χ0n) is 10.5. The van der Waals surface area contributed by atoms with Crippen molar-refractivity contribution in [1.29, 1.82) is 0 Å². The maximum Gasteiger partial charge on any atom is 0.186 e. The lowest BCUT2D eigenvalue weighted by atomic mass is 10.2. The van der Waals surface area contributed by atoms with E-state index in [4.69, 9.17) is 39.8 Å². The molecule has 2 aromatic rings. The Morgan fingerprint density at radius 1 is 1.25 bits per heavy atom. The fourth-order valence-electron chi connectivity index (χ4n) is 1.44. The third-order valence-corrected chi connectivity index (χ3v) is 3.45. The molecule has 0 radical (unpaired) electrons. The molecule has 0 aliphatic carbocycles. The summed E-state index contributed by atoms with van der Waals surface area (Å²) in [6, 6.07) is 8.94. The first-order valence-corrected chi connectivity index (χ1v) is 6.82. The van der Waals surface area contributed by atoms with Crippen molar-refractivity contribution >= 4 is 46.7 Å². The minimum atomic E-state index is 0.428. The molecule has 2 N–H and O–H groups in total. The second kappa shape index (κ2) is 6.74. The number of halogens is 2. The minimum absolute atomic E-state index is 0.428. The fraction of sp³-hybridized carbons (Fsp3) is 0.0769. The summed E-state index contributed by atoms with van der Waals surface area (Å²) in [5, 5.41) is 8.09. The molecular formula is C13H11Cl2N3OS. The standard InChI is InChI=1S/C13H11Cl2N3OS/c1-16-13(20)18-17-7-9-3-5-12(19-9)8-2-4-10(14)11(15)6-8/h2-7H,1H3,(H2,16,18,20)/b17-7-. The van der Waals surface area contributed by atoms with Crippen molar-refractivity contribution < 1.29 is 4.42 Å². The van der Waals surface area contributed by atoms with Gasteiger partial charge in [-0.25, -0.2) is 0 Å². The molecule has 0 aliphatic heterocycles. The predicted molar refractivity (Wildman–Crippen MR) is 86.6 cm³/mol. The van der Waals surface area contributed by atoms with Gasteiger partial charge in [-0.2, -0.15) is 5.10 Å². The lowest BCUT2D eigenvalue weighted by molar-refractivity contribution is 0.574. The monoisotopic (exact) mass is 327 g/mol. The largest absolute Gasteiger partial charge is 0.455 e. The highest BCUT2D eigenvalue weighted by atomic mass is 35.5. The van der Waals surface area contributed by atoms with Gasteiger partial charge in [0.1, 0.15) is 11.5 Å². The number of furan rings is 1. The van der Waals surface area contributed by atoms with Crippen LogP contribution in [0.2, 0.25) is 10.0 Å². The molecule has 0 amide bonds. The Morgan fingerprint density at radius 2 is 2.05 bits per heavy atom. The number of nitrogens with one attached hydrogen (secondary N) is 2. The van der Waals surface area contributed by atoms with Gasteiger partial charge in [0, 0.05) is 12.6 Å². The van der Waals surface area contributed by atoms with Gasteiger partial charge in [-0.1, -0.05) is 23.2 Å². The van der Waals surface area contributed by atoms with Crippen LogP contribution in [0.25, 0.3) is 11.3 Å². The van der Waals surface area contributed by atoms with Crippen LogP contribution in [0.3, 0.4) is 0 Å². The molecule has 0 bridgehead atoms. The molecule has 0 atom stereocenters. The first-order chi connectivity index (χ1) is 9.60. The first kappa shape index (κ1) is 14.8. The highest BCUT2D eigenvalue weighted by Gasteiger charge is 2.06. The molecule has 20 heavy (non-hydrogen) atoms. The van der Waals surface area contributed by atoms with Gasteiger partial charge in [0.15, 0.2) is 5.11 Å². The molecule has 1 aromatic carbocycles. The van der Waals surface area contributed by atoms with Crippen LogP contribution in [0, 0.1) is 0 Å². The van der Waals surface area contributed by atoms with E-state index in [1.165, 1.54) is 6.21 Å². The summed E-state index contributed by atoms with van der Waals surface area (Å²) >= 11 is 16.7. The fourth-order valence-corrected chi connectivity index (χ4v) is 1.79. The van der Waals surface area contributed by atoms with Gasteiger partial charge < -0.3 is 9.73 Å². The summed E-state index contributed by atoms with van der Waals surface area (Å²) in [4.78, 5) is 0. The topological polar surface area (TPSA) is 49.6 Å². The summed E-state index contributed by atoms with van der Waals surface area (Å²) in [5.74, 6) is 1.28. The minimum Gasteiger partial charge on any atom is -0.455 e. The molecule has 0 spiro atoms. The lowest BCUT2D eigenvalue weighted by Gasteiger charge is -2.00. The summed E-state index contributed by atoms with van der Waals surface area (Å²) in [6.07, 6.45) is 1.53. The van der Waals surface area contributed by atoms with Gasteiger partial charge in [0.05, 0.1) is 16.3 Å². The van der Waals surface area contributed by atoms with Gasteiger partial charge in [-0.3, -0.25) is 5.43 Å². The summed E-state index contributed by atoms with van der Waals surface area (Å²) in [5.41, 5.74) is 3.48. The number of nitrogens with zero attached hydrogens (tertiary/aromatic N) is 1. The number of hydrazone groups is 1. The number of rotatable bonds is 3. The Kier molecular flexibility index (Phi) is 5.00. The van der Waals surface area contributed by atoms with E-state index in [1.54, 1.807) is 25.2 Å². The Hall–Kier alpha value is -1.56. The molecule has 1 aromatic heterocycles. The van der Waals surface area contributed by atoms with Crippen molar-refractivity contribution in [2.24, 2.45) is 5.10 Å². The normalized spacial score (nSPS) is 10.8. The molecule has 2 rings (SSSR count). The van der Waals surface area contributed by atoms with E-state index in [2.05, 4.69) is 15.8 Å². The summed E-state index contributed by atoms with van der Waals surface area (Å²) in [6.45, 7) is 0. The highest BCUT2D eigenvalue weighted by molar-refractivity contribution is 7.80. The van der Waals surface area contributed by atoms with E-state index < -0.39 is 0 Å². The zero-order valence-corrected chi connectivity index (χ0v) is 12.8. The maximum absolute atomic E-state index is 5.97. The Morgan fingerprint density at radius 3 is 2.75 bits per heavy atom. The summed E-state index contributed by atoms with van der Waals surface area (Å²) in [7, 11) is 1.71. The van der Waals surface area contributed by atoms with Gasteiger partial charge in [-0.15, -0.1) is 0 Å². The number of thiocarbonyl (C=S) groups is 1. The van der Waals surface area contributed by atoms with Crippen LogP contribution < -0.4 is 10.7 Å². The maximum atomic E-state index is 5.97. The molecule has 7 heteroatoms. The second-order valence-corrected chi connectivity index (χ2v) is 5.00.